The molecule has 4 rings (SSSR count). The summed E-state index contributed by atoms with van der Waals surface area (Å²) < 4.78 is 35.5. The number of thiophene rings is 1. The highest BCUT2D eigenvalue weighted by Crippen LogP contribution is 2.31. The van der Waals surface area contributed by atoms with Gasteiger partial charge < -0.3 is 14.2 Å². The molecule has 0 saturated carbocycles. The number of hydrogen-bond donors (Lipinski definition) is 0. The molecular formula is C23H24F2N2O3S. The molecule has 3 heterocycles. The second-order valence-electron chi connectivity index (χ2n) is 7.80. The van der Waals surface area contributed by atoms with E-state index in [1.54, 1.807) is 27.7 Å². The molecule has 8 heteroatoms. The Morgan fingerprint density at radius 2 is 2.03 bits per heavy atom. The van der Waals surface area contributed by atoms with E-state index in [0.717, 1.165) is 27.6 Å². The zero-order valence-electron chi connectivity index (χ0n) is 17.5. The fourth-order valence-electron chi connectivity index (χ4n) is 4.11. The first-order valence-corrected chi connectivity index (χ1v) is 11.2. The first-order chi connectivity index (χ1) is 14.9. The van der Waals surface area contributed by atoms with Gasteiger partial charge in [0.1, 0.15) is 17.3 Å². The topological polar surface area (TPSA) is 51.5 Å². The van der Waals surface area contributed by atoms with Crippen molar-refractivity contribution in [3.63, 3.8) is 0 Å². The molecule has 3 aromatic rings. The van der Waals surface area contributed by atoms with Gasteiger partial charge in [0.25, 0.3) is 5.91 Å². The van der Waals surface area contributed by atoms with E-state index in [2.05, 4.69) is 0 Å². The lowest BCUT2D eigenvalue weighted by atomic mass is 9.98. The molecule has 1 amide bonds. The quantitative estimate of drug-likeness (QED) is 0.532. The summed E-state index contributed by atoms with van der Waals surface area (Å²) in [6, 6.07) is 7.27. The van der Waals surface area contributed by atoms with E-state index >= 15 is 0 Å². The van der Waals surface area contributed by atoms with E-state index in [0.29, 0.717) is 37.4 Å². The summed E-state index contributed by atoms with van der Waals surface area (Å²) >= 11 is 1.56. The highest BCUT2D eigenvalue weighted by Gasteiger charge is 2.31. The maximum absolute atomic E-state index is 14.4. The fraction of sp³-hybridized carbons (Fsp3) is 0.391. The number of likely N-dealkylation sites (tertiary alicyclic amines) is 1. The van der Waals surface area contributed by atoms with Crippen molar-refractivity contribution >= 4 is 33.4 Å². The van der Waals surface area contributed by atoms with Gasteiger partial charge in [-0.15, -0.1) is 11.3 Å². The van der Waals surface area contributed by atoms with Crippen LogP contribution in [-0.4, -0.2) is 41.0 Å². The van der Waals surface area contributed by atoms with Crippen molar-refractivity contribution in [2.75, 3.05) is 19.7 Å². The molecule has 1 unspecified atom stereocenters. The molecule has 31 heavy (non-hydrogen) atoms. The summed E-state index contributed by atoms with van der Waals surface area (Å²) in [7, 11) is 0. The number of carbonyl (C=O) groups is 2. The molecule has 0 aliphatic carbocycles. The van der Waals surface area contributed by atoms with E-state index in [9.17, 15) is 18.4 Å². The number of fused-ring (bicyclic) bond motifs is 1. The van der Waals surface area contributed by atoms with Gasteiger partial charge in [0.2, 0.25) is 0 Å². The van der Waals surface area contributed by atoms with E-state index in [1.807, 2.05) is 19.1 Å². The summed E-state index contributed by atoms with van der Waals surface area (Å²) in [5, 5.41) is 0. The van der Waals surface area contributed by atoms with Gasteiger partial charge >= 0.3 is 5.97 Å². The number of piperidine rings is 1. The van der Waals surface area contributed by atoms with E-state index in [-0.39, 0.29) is 24.3 Å². The van der Waals surface area contributed by atoms with E-state index in [1.165, 1.54) is 12.1 Å². The third-order valence-corrected chi connectivity index (χ3v) is 6.59. The Hall–Kier alpha value is -2.74. The number of nitrogens with zero attached hydrogens (tertiary/aromatic N) is 2. The minimum atomic E-state index is -0.646. The van der Waals surface area contributed by atoms with Crippen LogP contribution in [0.2, 0.25) is 0 Å². The van der Waals surface area contributed by atoms with Crippen molar-refractivity contribution in [2.45, 2.75) is 33.2 Å². The Balaban J connectivity index is 1.67. The van der Waals surface area contributed by atoms with Crippen LogP contribution in [0.25, 0.3) is 10.2 Å². The number of carbonyl (C=O) groups excluding carboxylic acids is 2. The van der Waals surface area contributed by atoms with Crippen molar-refractivity contribution in [3.8, 4) is 0 Å². The number of aromatic nitrogens is 1. The Morgan fingerprint density at radius 3 is 2.77 bits per heavy atom. The second-order valence-corrected chi connectivity index (χ2v) is 9.09. The molecule has 0 spiro atoms. The summed E-state index contributed by atoms with van der Waals surface area (Å²) in [4.78, 5) is 28.4. The molecule has 1 aliphatic heterocycles. The molecule has 1 aliphatic rings. The molecule has 1 saturated heterocycles. The van der Waals surface area contributed by atoms with Gasteiger partial charge in [-0.2, -0.15) is 0 Å². The van der Waals surface area contributed by atoms with E-state index in [4.69, 9.17) is 4.74 Å². The van der Waals surface area contributed by atoms with Crippen molar-refractivity contribution in [1.82, 2.24) is 9.47 Å². The van der Waals surface area contributed by atoms with Gasteiger partial charge in [-0.05, 0) is 44.9 Å². The average molecular weight is 447 g/mol. The van der Waals surface area contributed by atoms with Crippen LogP contribution in [-0.2, 0) is 16.1 Å². The van der Waals surface area contributed by atoms with Gasteiger partial charge in [-0.25, -0.2) is 8.78 Å². The Kier molecular flexibility index (Phi) is 6.09. The van der Waals surface area contributed by atoms with Gasteiger partial charge in [0, 0.05) is 29.6 Å². The molecule has 1 aromatic carbocycles. The monoisotopic (exact) mass is 446 g/mol. The Bertz CT molecular complexity index is 1140. The number of halogens is 2. The third kappa shape index (κ3) is 4.35. The molecule has 1 atom stereocenters. The first kappa shape index (κ1) is 21.5. The van der Waals surface area contributed by atoms with Crippen molar-refractivity contribution in [3.05, 3.63) is 58.1 Å². The Morgan fingerprint density at radius 1 is 1.23 bits per heavy atom. The number of ether oxygens (including phenoxy) is 1. The molecule has 5 nitrogen and oxygen atoms in total. The first-order valence-electron chi connectivity index (χ1n) is 10.4. The van der Waals surface area contributed by atoms with Crippen molar-refractivity contribution in [2.24, 2.45) is 5.92 Å². The minimum Gasteiger partial charge on any atom is -0.466 e. The lowest BCUT2D eigenvalue weighted by molar-refractivity contribution is -0.149. The molecule has 0 bridgehead atoms. The fourth-order valence-corrected chi connectivity index (χ4v) is 5.07. The van der Waals surface area contributed by atoms with Gasteiger partial charge in [0.15, 0.2) is 0 Å². The molecule has 164 valence electrons. The van der Waals surface area contributed by atoms with Crippen LogP contribution in [0.1, 0.15) is 40.7 Å². The number of aryl methyl sites for hydroxylation is 1. The predicted molar refractivity (Wildman–Crippen MR) is 115 cm³/mol. The number of esters is 1. The summed E-state index contributed by atoms with van der Waals surface area (Å²) in [5.74, 6) is -2.09. The highest BCUT2D eigenvalue weighted by molar-refractivity contribution is 7.19. The Labute approximate surface area is 183 Å². The van der Waals surface area contributed by atoms with Crippen LogP contribution in [0.4, 0.5) is 8.78 Å². The van der Waals surface area contributed by atoms with Crippen LogP contribution >= 0.6 is 11.3 Å². The smallest absolute Gasteiger partial charge is 0.310 e. The SMILES string of the molecule is CCOC(=O)C1CCCN(C(=O)c2cc3sc(C)cc3n2Cc2ccc(F)cc2F)C1. The summed E-state index contributed by atoms with van der Waals surface area (Å²) in [6.45, 7) is 5.02. The standard InChI is InChI=1S/C23H24F2N2O3S/c1-3-30-23(29)16-5-4-8-26(12-16)22(28)20-11-21-19(9-14(2)31-21)27(20)13-15-6-7-17(24)10-18(15)25/h6-7,9-11,16H,3-5,8,12-13H2,1-2H3. The van der Waals surface area contributed by atoms with Crippen LogP contribution in [0.5, 0.6) is 0 Å². The molecule has 2 aromatic heterocycles. The van der Waals surface area contributed by atoms with E-state index < -0.39 is 11.6 Å². The molecule has 1 fully saturated rings. The van der Waals surface area contributed by atoms with Gasteiger partial charge in [-0.1, -0.05) is 6.07 Å². The number of benzene rings is 1. The largest absolute Gasteiger partial charge is 0.466 e. The number of hydrogen-bond acceptors (Lipinski definition) is 4. The normalized spacial score (nSPS) is 16.6. The predicted octanol–water partition coefficient (Wildman–Crippen LogP) is 4.75. The van der Waals surface area contributed by atoms with Crippen molar-refractivity contribution < 1.29 is 23.1 Å². The van der Waals surface area contributed by atoms with Crippen LogP contribution in [0, 0.1) is 24.5 Å². The molecule has 0 radical (unpaired) electrons. The zero-order chi connectivity index (χ0) is 22.1. The summed E-state index contributed by atoms with van der Waals surface area (Å²) in [6.07, 6.45) is 1.41. The second kappa shape index (κ2) is 8.78. The lowest BCUT2D eigenvalue weighted by Crippen LogP contribution is -2.43. The van der Waals surface area contributed by atoms with Crippen molar-refractivity contribution in [1.29, 1.82) is 0 Å². The van der Waals surface area contributed by atoms with Crippen LogP contribution in [0.15, 0.2) is 30.3 Å². The van der Waals surface area contributed by atoms with Crippen LogP contribution in [0.3, 0.4) is 0 Å². The molecule has 0 N–H and O–H groups in total. The lowest BCUT2D eigenvalue weighted by Gasteiger charge is -2.31. The summed E-state index contributed by atoms with van der Waals surface area (Å²) in [5.41, 5.74) is 1.59. The number of rotatable bonds is 5. The van der Waals surface area contributed by atoms with Gasteiger partial charge in [-0.3, -0.25) is 9.59 Å². The van der Waals surface area contributed by atoms with Gasteiger partial charge in [0.05, 0.1) is 29.3 Å². The average Bonchev–Trinajstić information content (AvgIpc) is 3.26. The minimum absolute atomic E-state index is 0.113. The third-order valence-electron chi connectivity index (χ3n) is 5.60. The highest BCUT2D eigenvalue weighted by atomic mass is 32.1. The molecular weight excluding hydrogens is 422 g/mol. The number of amides is 1. The zero-order valence-corrected chi connectivity index (χ0v) is 18.3. The maximum Gasteiger partial charge on any atom is 0.310 e. The van der Waals surface area contributed by atoms with Crippen LogP contribution < -0.4 is 0 Å². The maximum atomic E-state index is 14.4.